The molecule has 0 bridgehead atoms. The first-order chi connectivity index (χ1) is 13.2. The molecule has 2 fully saturated rings. The van der Waals surface area contributed by atoms with Crippen LogP contribution in [0.3, 0.4) is 0 Å². The van der Waals surface area contributed by atoms with Gasteiger partial charge in [-0.05, 0) is 23.6 Å². The van der Waals surface area contributed by atoms with Crippen molar-refractivity contribution in [3.8, 4) is 0 Å². The first-order valence-electron chi connectivity index (χ1n) is 9.40. The lowest BCUT2D eigenvalue weighted by Crippen LogP contribution is -2.50. The van der Waals surface area contributed by atoms with Crippen LogP contribution in [-0.2, 0) is 22.7 Å². The van der Waals surface area contributed by atoms with E-state index in [2.05, 4.69) is 27.4 Å². The fraction of sp³-hybridized carbons (Fsp3) is 0.450. The first-order valence-corrected chi connectivity index (χ1v) is 10.3. The van der Waals surface area contributed by atoms with E-state index in [9.17, 15) is 9.59 Å². The van der Waals surface area contributed by atoms with Gasteiger partial charge in [0, 0.05) is 56.8 Å². The molecule has 0 spiro atoms. The van der Waals surface area contributed by atoms with Gasteiger partial charge in [-0.25, -0.2) is 0 Å². The lowest BCUT2D eigenvalue weighted by molar-refractivity contribution is -0.137. The van der Waals surface area contributed by atoms with Crippen molar-refractivity contribution >= 4 is 23.2 Å². The molecule has 0 radical (unpaired) electrons. The molecule has 0 N–H and O–H groups in total. The Morgan fingerprint density at radius 2 is 1.96 bits per heavy atom. The largest absolute Gasteiger partial charge is 0.340 e. The molecule has 27 heavy (non-hydrogen) atoms. The van der Waals surface area contributed by atoms with Crippen molar-refractivity contribution in [1.29, 1.82) is 0 Å². The van der Waals surface area contributed by atoms with E-state index in [1.165, 1.54) is 4.88 Å². The molecule has 4 heterocycles. The zero-order chi connectivity index (χ0) is 18.6. The monoisotopic (exact) mass is 384 g/mol. The second-order valence-corrected chi connectivity index (χ2v) is 8.21. The van der Waals surface area contributed by atoms with Crippen LogP contribution in [0.2, 0.25) is 0 Å². The number of carbonyl (C=O) groups is 2. The molecule has 2 aliphatic heterocycles. The van der Waals surface area contributed by atoms with Crippen LogP contribution in [0.25, 0.3) is 0 Å². The highest BCUT2D eigenvalue weighted by molar-refractivity contribution is 7.09. The molecular formula is C20H24N4O2S. The summed E-state index contributed by atoms with van der Waals surface area (Å²) in [5, 5.41) is 2.10. The number of amides is 2. The normalized spacial score (nSPS) is 21.0. The van der Waals surface area contributed by atoms with Gasteiger partial charge in [0.1, 0.15) is 0 Å². The second-order valence-electron chi connectivity index (χ2n) is 7.18. The van der Waals surface area contributed by atoms with Gasteiger partial charge in [0.25, 0.3) is 0 Å². The summed E-state index contributed by atoms with van der Waals surface area (Å²) in [5.41, 5.74) is 0.862. The SMILES string of the molecule is O=C1C[C@@H](C(=O)N2CCN(Cc3cccs3)CC2)CN1Cc1ccccn1. The predicted molar refractivity (Wildman–Crippen MR) is 104 cm³/mol. The highest BCUT2D eigenvalue weighted by Gasteiger charge is 2.37. The number of thiophene rings is 1. The van der Waals surface area contributed by atoms with Gasteiger partial charge in [-0.2, -0.15) is 0 Å². The van der Waals surface area contributed by atoms with Crippen molar-refractivity contribution in [2.24, 2.45) is 5.92 Å². The zero-order valence-corrected chi connectivity index (χ0v) is 16.1. The third-order valence-electron chi connectivity index (χ3n) is 5.29. The average Bonchev–Trinajstić information content (AvgIpc) is 3.33. The van der Waals surface area contributed by atoms with Crippen LogP contribution in [-0.4, -0.2) is 64.2 Å². The third kappa shape index (κ3) is 4.36. The Labute approximate surface area is 163 Å². The Bertz CT molecular complexity index is 773. The first kappa shape index (κ1) is 18.1. The van der Waals surface area contributed by atoms with Gasteiger partial charge < -0.3 is 9.80 Å². The summed E-state index contributed by atoms with van der Waals surface area (Å²) in [4.78, 5) is 36.9. The van der Waals surface area contributed by atoms with Crippen molar-refractivity contribution in [2.45, 2.75) is 19.5 Å². The van der Waals surface area contributed by atoms with Crippen LogP contribution >= 0.6 is 11.3 Å². The number of likely N-dealkylation sites (tertiary alicyclic amines) is 1. The summed E-state index contributed by atoms with van der Waals surface area (Å²) in [7, 11) is 0. The minimum absolute atomic E-state index is 0.0512. The molecule has 2 aliphatic rings. The molecule has 0 aliphatic carbocycles. The Morgan fingerprint density at radius 1 is 1.11 bits per heavy atom. The maximum absolute atomic E-state index is 12.9. The molecule has 7 heteroatoms. The molecule has 0 saturated carbocycles. The lowest BCUT2D eigenvalue weighted by atomic mass is 10.1. The van der Waals surface area contributed by atoms with Gasteiger partial charge in [-0.15, -0.1) is 11.3 Å². The van der Waals surface area contributed by atoms with Crippen molar-refractivity contribution in [2.75, 3.05) is 32.7 Å². The summed E-state index contributed by atoms with van der Waals surface area (Å²) >= 11 is 1.77. The highest BCUT2D eigenvalue weighted by atomic mass is 32.1. The standard InChI is InChI=1S/C20H24N4O2S/c25-19-12-16(13-24(19)14-17-4-1-2-6-21-17)20(26)23-9-7-22(8-10-23)15-18-5-3-11-27-18/h1-6,11,16H,7-10,12-15H2/t16-/m1/s1. The van der Waals surface area contributed by atoms with Crippen LogP contribution < -0.4 is 0 Å². The predicted octanol–water partition coefficient (Wildman–Crippen LogP) is 1.84. The van der Waals surface area contributed by atoms with E-state index in [4.69, 9.17) is 0 Å². The van der Waals surface area contributed by atoms with Crippen LogP contribution in [0.1, 0.15) is 17.0 Å². The van der Waals surface area contributed by atoms with E-state index in [1.54, 1.807) is 22.4 Å². The molecule has 0 unspecified atom stereocenters. The number of pyridine rings is 1. The number of aromatic nitrogens is 1. The van der Waals surface area contributed by atoms with Crippen LogP contribution in [0.15, 0.2) is 41.9 Å². The van der Waals surface area contributed by atoms with Crippen molar-refractivity contribution in [1.82, 2.24) is 19.7 Å². The highest BCUT2D eigenvalue weighted by Crippen LogP contribution is 2.23. The number of carbonyl (C=O) groups excluding carboxylic acids is 2. The van der Waals surface area contributed by atoms with E-state index in [0.717, 1.165) is 38.4 Å². The Hall–Kier alpha value is -2.25. The Morgan fingerprint density at radius 3 is 2.67 bits per heavy atom. The number of hydrogen-bond donors (Lipinski definition) is 0. The Balaban J connectivity index is 1.28. The molecular weight excluding hydrogens is 360 g/mol. The second kappa shape index (κ2) is 8.19. The van der Waals surface area contributed by atoms with Crippen molar-refractivity contribution in [3.63, 3.8) is 0 Å². The van der Waals surface area contributed by atoms with Crippen LogP contribution in [0, 0.1) is 5.92 Å². The van der Waals surface area contributed by atoms with Gasteiger partial charge in [-0.1, -0.05) is 12.1 Å². The summed E-state index contributed by atoms with van der Waals surface area (Å²) in [6, 6.07) is 9.92. The molecule has 142 valence electrons. The number of hydrogen-bond acceptors (Lipinski definition) is 5. The molecule has 2 saturated heterocycles. The number of rotatable bonds is 5. The van der Waals surface area contributed by atoms with Gasteiger partial charge in [0.2, 0.25) is 11.8 Å². The van der Waals surface area contributed by atoms with E-state index in [1.807, 2.05) is 23.1 Å². The van der Waals surface area contributed by atoms with Gasteiger partial charge in [0.05, 0.1) is 18.2 Å². The maximum Gasteiger partial charge on any atom is 0.228 e. The zero-order valence-electron chi connectivity index (χ0n) is 15.3. The molecule has 2 aromatic heterocycles. The van der Waals surface area contributed by atoms with Crippen molar-refractivity contribution in [3.05, 3.63) is 52.5 Å². The summed E-state index contributed by atoms with van der Waals surface area (Å²) in [6.07, 6.45) is 2.05. The van der Waals surface area contributed by atoms with Crippen LogP contribution in [0.4, 0.5) is 0 Å². The summed E-state index contributed by atoms with van der Waals surface area (Å²) < 4.78 is 0. The molecule has 4 rings (SSSR count). The third-order valence-corrected chi connectivity index (χ3v) is 6.15. The molecule has 1 atom stereocenters. The molecule has 6 nitrogen and oxygen atoms in total. The van der Waals surface area contributed by atoms with E-state index < -0.39 is 0 Å². The van der Waals surface area contributed by atoms with E-state index >= 15 is 0 Å². The summed E-state index contributed by atoms with van der Waals surface area (Å²) in [5.74, 6) is -0.0389. The smallest absolute Gasteiger partial charge is 0.228 e. The quantitative estimate of drug-likeness (QED) is 0.789. The maximum atomic E-state index is 12.9. The minimum Gasteiger partial charge on any atom is -0.340 e. The Kier molecular flexibility index (Phi) is 5.50. The summed E-state index contributed by atoms with van der Waals surface area (Å²) in [6.45, 7) is 5.22. The van der Waals surface area contributed by atoms with E-state index in [0.29, 0.717) is 19.5 Å². The van der Waals surface area contributed by atoms with Crippen molar-refractivity contribution < 1.29 is 9.59 Å². The molecule has 0 aromatic carbocycles. The van der Waals surface area contributed by atoms with Gasteiger partial charge in [0.15, 0.2) is 0 Å². The average molecular weight is 385 g/mol. The number of nitrogens with zero attached hydrogens (tertiary/aromatic N) is 4. The van der Waals surface area contributed by atoms with Gasteiger partial charge >= 0.3 is 0 Å². The van der Waals surface area contributed by atoms with Gasteiger partial charge in [-0.3, -0.25) is 19.5 Å². The fourth-order valence-corrected chi connectivity index (χ4v) is 4.53. The van der Waals surface area contributed by atoms with E-state index in [-0.39, 0.29) is 17.7 Å². The van der Waals surface area contributed by atoms with Crippen LogP contribution in [0.5, 0.6) is 0 Å². The topological polar surface area (TPSA) is 56.8 Å². The fourth-order valence-electron chi connectivity index (χ4n) is 3.79. The lowest BCUT2D eigenvalue weighted by Gasteiger charge is -2.35. The minimum atomic E-state index is -0.218. The molecule has 2 aromatic rings. The number of piperazine rings is 1. The molecule has 2 amide bonds.